The highest BCUT2D eigenvalue weighted by molar-refractivity contribution is 5.69. The Hall–Kier alpha value is -0.770. The van der Waals surface area contributed by atoms with Gasteiger partial charge in [-0.2, -0.15) is 0 Å². The Bertz CT molecular complexity index is 298. The monoisotopic (exact) mass is 241 g/mol. The number of fused-ring (bicyclic) bond motifs is 2. The van der Waals surface area contributed by atoms with Gasteiger partial charge in [0.2, 0.25) is 0 Å². The van der Waals surface area contributed by atoms with Crippen LogP contribution < -0.4 is 0 Å². The summed E-state index contributed by atoms with van der Waals surface area (Å²) in [6, 6.07) is 0.444. The average molecular weight is 241 g/mol. The molecule has 0 saturated carbocycles. The Morgan fingerprint density at radius 3 is 2.41 bits per heavy atom. The first-order valence-corrected chi connectivity index (χ1v) is 6.56. The summed E-state index contributed by atoms with van der Waals surface area (Å²) in [4.78, 5) is 14.0. The standard InChI is InChI=1S/C13H23NO3/c1-13(2,3)17-12(16)14-9-4-5-10(14)8-11(15)7-6-9/h9-11,15H,4-8H2,1-3H3. The van der Waals surface area contributed by atoms with Crippen molar-refractivity contribution < 1.29 is 14.6 Å². The largest absolute Gasteiger partial charge is 0.444 e. The molecule has 0 aliphatic carbocycles. The first kappa shape index (κ1) is 12.7. The molecule has 0 radical (unpaired) electrons. The fraction of sp³-hybridized carbons (Fsp3) is 0.923. The minimum atomic E-state index is -0.443. The third-order valence-corrected chi connectivity index (χ3v) is 3.60. The molecule has 2 rings (SSSR count). The smallest absolute Gasteiger partial charge is 0.410 e. The van der Waals surface area contributed by atoms with Gasteiger partial charge in [-0.15, -0.1) is 0 Å². The van der Waals surface area contributed by atoms with Gasteiger partial charge in [-0.1, -0.05) is 0 Å². The second kappa shape index (κ2) is 4.48. The van der Waals surface area contributed by atoms with Crippen LogP contribution in [0.25, 0.3) is 0 Å². The van der Waals surface area contributed by atoms with Crippen LogP contribution in [0.1, 0.15) is 52.9 Å². The predicted molar refractivity (Wildman–Crippen MR) is 64.7 cm³/mol. The number of amides is 1. The SMILES string of the molecule is CC(C)(C)OC(=O)N1C2CCC(O)CC1CC2. The summed E-state index contributed by atoms with van der Waals surface area (Å²) in [5.41, 5.74) is -0.443. The summed E-state index contributed by atoms with van der Waals surface area (Å²) in [5, 5.41) is 9.76. The molecule has 0 spiro atoms. The molecule has 17 heavy (non-hydrogen) atoms. The maximum Gasteiger partial charge on any atom is 0.410 e. The van der Waals surface area contributed by atoms with Gasteiger partial charge in [-0.25, -0.2) is 4.79 Å². The highest BCUT2D eigenvalue weighted by Gasteiger charge is 2.41. The average Bonchev–Trinajstić information content (AvgIpc) is 2.45. The first-order chi connectivity index (χ1) is 7.87. The predicted octanol–water partition coefficient (Wildman–Crippen LogP) is 2.30. The van der Waals surface area contributed by atoms with Crippen molar-refractivity contribution in [2.45, 2.75) is 76.7 Å². The minimum Gasteiger partial charge on any atom is -0.444 e. The Labute approximate surface area is 103 Å². The number of aliphatic hydroxyl groups excluding tert-OH is 1. The van der Waals surface area contributed by atoms with Crippen molar-refractivity contribution in [3.05, 3.63) is 0 Å². The van der Waals surface area contributed by atoms with E-state index in [0.717, 1.165) is 25.7 Å². The lowest BCUT2D eigenvalue weighted by Crippen LogP contribution is -2.43. The molecule has 2 heterocycles. The molecule has 4 nitrogen and oxygen atoms in total. The van der Waals surface area contributed by atoms with Crippen LogP contribution in [0.4, 0.5) is 4.79 Å². The van der Waals surface area contributed by atoms with Crippen molar-refractivity contribution in [1.82, 2.24) is 4.90 Å². The van der Waals surface area contributed by atoms with Gasteiger partial charge in [-0.05, 0) is 52.9 Å². The molecule has 0 aromatic heterocycles. The van der Waals surface area contributed by atoms with E-state index >= 15 is 0 Å². The quantitative estimate of drug-likeness (QED) is 0.708. The van der Waals surface area contributed by atoms with Crippen LogP contribution in [0.2, 0.25) is 0 Å². The zero-order valence-corrected chi connectivity index (χ0v) is 11.0. The van der Waals surface area contributed by atoms with Crippen molar-refractivity contribution >= 4 is 6.09 Å². The summed E-state index contributed by atoms with van der Waals surface area (Å²) < 4.78 is 5.45. The maximum absolute atomic E-state index is 12.2. The van der Waals surface area contributed by atoms with Crippen molar-refractivity contribution in [3.8, 4) is 0 Å². The second-order valence-electron chi connectivity index (χ2n) is 6.24. The van der Waals surface area contributed by atoms with Crippen LogP contribution in [0.3, 0.4) is 0 Å². The van der Waals surface area contributed by atoms with Gasteiger partial charge in [0.1, 0.15) is 5.60 Å². The van der Waals surface area contributed by atoms with Gasteiger partial charge < -0.3 is 14.7 Å². The van der Waals surface area contributed by atoms with Crippen LogP contribution in [0.15, 0.2) is 0 Å². The Kier molecular flexibility index (Phi) is 3.34. The van der Waals surface area contributed by atoms with Gasteiger partial charge in [0.25, 0.3) is 0 Å². The molecule has 2 aliphatic heterocycles. The lowest BCUT2D eigenvalue weighted by Gasteiger charge is -2.31. The first-order valence-electron chi connectivity index (χ1n) is 6.56. The second-order valence-corrected chi connectivity index (χ2v) is 6.24. The molecule has 2 saturated heterocycles. The zero-order chi connectivity index (χ0) is 12.6. The summed E-state index contributed by atoms with van der Waals surface area (Å²) >= 11 is 0. The summed E-state index contributed by atoms with van der Waals surface area (Å²) in [6.07, 6.45) is 4.00. The normalized spacial score (nSPS) is 33.4. The molecule has 2 bridgehead atoms. The van der Waals surface area contributed by atoms with Gasteiger partial charge >= 0.3 is 6.09 Å². The van der Waals surface area contributed by atoms with E-state index < -0.39 is 5.60 Å². The summed E-state index contributed by atoms with van der Waals surface area (Å²) in [5.74, 6) is 0. The van der Waals surface area contributed by atoms with Gasteiger partial charge in [0, 0.05) is 12.1 Å². The molecular formula is C13H23NO3. The Morgan fingerprint density at radius 1 is 1.18 bits per heavy atom. The summed E-state index contributed by atoms with van der Waals surface area (Å²) in [6.45, 7) is 5.67. The number of carbonyl (C=O) groups is 1. The molecule has 2 fully saturated rings. The van der Waals surface area contributed by atoms with E-state index in [0.29, 0.717) is 6.42 Å². The maximum atomic E-state index is 12.2. The topological polar surface area (TPSA) is 49.8 Å². The van der Waals surface area contributed by atoms with Crippen LogP contribution >= 0.6 is 0 Å². The van der Waals surface area contributed by atoms with Crippen molar-refractivity contribution in [1.29, 1.82) is 0 Å². The number of ether oxygens (including phenoxy) is 1. The van der Waals surface area contributed by atoms with E-state index in [9.17, 15) is 9.90 Å². The number of aliphatic hydroxyl groups is 1. The van der Waals surface area contributed by atoms with Crippen molar-refractivity contribution in [3.63, 3.8) is 0 Å². The van der Waals surface area contributed by atoms with E-state index in [-0.39, 0.29) is 24.3 Å². The van der Waals surface area contributed by atoms with E-state index in [4.69, 9.17) is 4.74 Å². The van der Waals surface area contributed by atoms with Crippen LogP contribution in [0.5, 0.6) is 0 Å². The number of nitrogens with zero attached hydrogens (tertiary/aromatic N) is 1. The van der Waals surface area contributed by atoms with Crippen molar-refractivity contribution in [2.75, 3.05) is 0 Å². The lowest BCUT2D eigenvalue weighted by atomic mass is 9.99. The lowest BCUT2D eigenvalue weighted by molar-refractivity contribution is 0.0141. The van der Waals surface area contributed by atoms with Crippen LogP contribution in [0, 0.1) is 0 Å². The molecular weight excluding hydrogens is 218 g/mol. The van der Waals surface area contributed by atoms with E-state index in [1.165, 1.54) is 0 Å². The van der Waals surface area contributed by atoms with Gasteiger partial charge in [0.05, 0.1) is 6.10 Å². The van der Waals surface area contributed by atoms with Crippen molar-refractivity contribution in [2.24, 2.45) is 0 Å². The number of carbonyl (C=O) groups excluding carboxylic acids is 1. The molecule has 2 aliphatic rings. The third kappa shape index (κ3) is 2.92. The number of hydrogen-bond donors (Lipinski definition) is 1. The minimum absolute atomic E-state index is 0.173. The van der Waals surface area contributed by atoms with E-state index in [1.807, 2.05) is 25.7 Å². The summed E-state index contributed by atoms with van der Waals surface area (Å²) in [7, 11) is 0. The molecule has 1 amide bonds. The highest BCUT2D eigenvalue weighted by atomic mass is 16.6. The molecule has 4 heteroatoms. The van der Waals surface area contributed by atoms with E-state index in [1.54, 1.807) is 0 Å². The Balaban J connectivity index is 2.07. The zero-order valence-electron chi connectivity index (χ0n) is 11.0. The molecule has 3 unspecified atom stereocenters. The number of hydrogen-bond acceptors (Lipinski definition) is 3. The third-order valence-electron chi connectivity index (χ3n) is 3.60. The molecule has 3 atom stereocenters. The van der Waals surface area contributed by atoms with E-state index in [2.05, 4.69) is 0 Å². The van der Waals surface area contributed by atoms with Crippen LogP contribution in [-0.4, -0.2) is 39.9 Å². The van der Waals surface area contributed by atoms with Crippen LogP contribution in [-0.2, 0) is 4.74 Å². The molecule has 98 valence electrons. The molecule has 0 aromatic carbocycles. The number of rotatable bonds is 0. The Morgan fingerprint density at radius 2 is 1.76 bits per heavy atom. The fourth-order valence-electron chi connectivity index (χ4n) is 2.91. The van der Waals surface area contributed by atoms with Gasteiger partial charge in [-0.3, -0.25) is 0 Å². The fourth-order valence-corrected chi connectivity index (χ4v) is 2.91. The molecule has 1 N–H and O–H groups in total. The highest BCUT2D eigenvalue weighted by Crippen LogP contribution is 2.35. The van der Waals surface area contributed by atoms with Gasteiger partial charge in [0.15, 0.2) is 0 Å². The molecule has 0 aromatic rings.